The van der Waals surface area contributed by atoms with Crippen LogP contribution in [0.4, 0.5) is 9.59 Å². The Labute approximate surface area is 578 Å². The second-order valence-corrected chi connectivity index (χ2v) is 38.7. The Bertz CT molecular complexity index is 2940. The number of hydrogen-bond donors (Lipinski definition) is 4. The van der Waals surface area contributed by atoms with Crippen LogP contribution < -0.4 is 21.3 Å². The highest BCUT2D eigenvalue weighted by molar-refractivity contribution is 6.74. The van der Waals surface area contributed by atoms with E-state index in [2.05, 4.69) is 21.3 Å². The number of piperidine rings is 2. The van der Waals surface area contributed by atoms with Crippen molar-refractivity contribution in [1.82, 2.24) is 50.7 Å². The second-order valence-electron chi connectivity index (χ2n) is 29.2. The quantitative estimate of drug-likeness (QED) is 0.129. The van der Waals surface area contributed by atoms with Gasteiger partial charge in [0.15, 0.2) is 16.6 Å². The number of cyclic esters (lactones) is 2. The largest absolute Gasteiger partial charge is 0.461 e. The van der Waals surface area contributed by atoms with Crippen LogP contribution in [0.2, 0.25) is 36.3 Å². The lowest BCUT2D eigenvalue weighted by Crippen LogP contribution is -2.65. The van der Waals surface area contributed by atoms with E-state index in [0.717, 1.165) is 19.6 Å². The van der Waals surface area contributed by atoms with Crippen LogP contribution in [0.25, 0.3) is 0 Å². The summed E-state index contributed by atoms with van der Waals surface area (Å²) in [4.78, 5) is 180. The highest BCUT2D eigenvalue weighted by Crippen LogP contribution is 2.41. The van der Waals surface area contributed by atoms with E-state index in [-0.39, 0.29) is 36.4 Å². The van der Waals surface area contributed by atoms with Crippen molar-refractivity contribution < 1.29 is 85.3 Å². The minimum Gasteiger partial charge on any atom is -0.461 e. The summed E-state index contributed by atoms with van der Waals surface area (Å²) in [6.07, 6.45) is -2.84. The predicted octanol–water partition coefficient (Wildman–Crippen LogP) is 4.55. The van der Waals surface area contributed by atoms with Gasteiger partial charge in [-0.05, 0) is 84.9 Å². The Hall–Kier alpha value is -7.97. The van der Waals surface area contributed by atoms with Crippen molar-refractivity contribution in [1.29, 1.82) is 0 Å². The first-order valence-electron chi connectivity index (χ1n) is 33.5. The van der Waals surface area contributed by atoms with Crippen LogP contribution in [0, 0.1) is 11.8 Å². The number of benzene rings is 2. The number of fused-ring (bicyclic) bond motifs is 2. The Morgan fingerprint density at radius 2 is 0.857 bits per heavy atom. The highest BCUT2D eigenvalue weighted by atomic mass is 28.4. The van der Waals surface area contributed by atoms with Crippen LogP contribution in [0.3, 0.4) is 0 Å². The molecule has 2 aromatic rings. The van der Waals surface area contributed by atoms with Gasteiger partial charge in [0, 0.05) is 41.3 Å². The van der Waals surface area contributed by atoms with E-state index in [9.17, 15) is 47.9 Å². The molecule has 4 N–H and O–H groups in total. The number of ether oxygens (including phenoxy) is 4. The van der Waals surface area contributed by atoms with E-state index >= 15 is 9.59 Å². The van der Waals surface area contributed by atoms with E-state index in [4.69, 9.17) is 27.8 Å². The topological polar surface area (TPSA) is 328 Å². The summed E-state index contributed by atoms with van der Waals surface area (Å²) in [7, 11) is -0.229. The number of carbonyl (C=O) groups excluding carboxylic acids is 12. The predicted molar refractivity (Wildman–Crippen MR) is 367 cm³/mol. The zero-order valence-electron chi connectivity index (χ0n) is 60.5. The molecule has 2 aromatic carbocycles. The third-order valence-corrected chi connectivity index (χ3v) is 27.9. The number of nitrogens with zero attached hydrogens (tertiary/aromatic N) is 6. The molecule has 0 spiro atoms. The maximum atomic E-state index is 15.3. The smallest absolute Gasteiger partial charge is 0.408 e. The van der Waals surface area contributed by atoms with Crippen LogP contribution in [-0.2, 0) is 89.0 Å². The molecular formula is C68H106N10O18Si2. The molecule has 0 unspecified atom stereocenters. The van der Waals surface area contributed by atoms with Crippen molar-refractivity contribution in [2.45, 2.75) is 193 Å². The first kappa shape index (κ1) is 80.7. The lowest BCUT2D eigenvalue weighted by Gasteiger charge is -2.46. The first-order valence-corrected chi connectivity index (χ1v) is 39.3. The van der Waals surface area contributed by atoms with Gasteiger partial charge in [-0.1, -0.05) is 130 Å². The molecule has 28 nitrogen and oxygen atoms in total. The summed E-state index contributed by atoms with van der Waals surface area (Å²) in [5.41, 5.74) is 1.23. The Morgan fingerprint density at radius 3 is 1.16 bits per heavy atom. The highest BCUT2D eigenvalue weighted by Gasteiger charge is 2.50. The van der Waals surface area contributed by atoms with Crippen molar-refractivity contribution in [3.63, 3.8) is 0 Å². The van der Waals surface area contributed by atoms with E-state index in [1.165, 1.54) is 38.0 Å². The van der Waals surface area contributed by atoms with Gasteiger partial charge in [0.05, 0.1) is 38.4 Å². The number of likely N-dealkylation sites (N-methyl/N-ethyl adjacent to an activating group) is 4. The summed E-state index contributed by atoms with van der Waals surface area (Å²) < 4.78 is 36.6. The van der Waals surface area contributed by atoms with Crippen LogP contribution >= 0.6 is 0 Å². The minimum absolute atomic E-state index is 0.0602. The summed E-state index contributed by atoms with van der Waals surface area (Å²) in [6.45, 7) is 21.6. The summed E-state index contributed by atoms with van der Waals surface area (Å²) in [5.74, 6) is -9.70. The van der Waals surface area contributed by atoms with Gasteiger partial charge in [0.25, 0.3) is 0 Å². The van der Waals surface area contributed by atoms with Gasteiger partial charge in [-0.2, -0.15) is 0 Å². The molecule has 30 heteroatoms. The Morgan fingerprint density at radius 1 is 0.531 bits per heavy atom. The van der Waals surface area contributed by atoms with Gasteiger partial charge in [-0.15, -0.1) is 0 Å². The fraction of sp³-hybridized carbons (Fsp3) is 0.647. The van der Waals surface area contributed by atoms with Crippen molar-refractivity contribution >= 4 is 88.0 Å². The average molecular weight is 1410 g/mol. The molecular weight excluding hydrogens is 1300 g/mol. The lowest BCUT2D eigenvalue weighted by atomic mass is 9.97. The van der Waals surface area contributed by atoms with Crippen molar-refractivity contribution in [3.8, 4) is 0 Å². The summed E-state index contributed by atoms with van der Waals surface area (Å²) >= 11 is 0. The van der Waals surface area contributed by atoms with Crippen LogP contribution in [0.1, 0.15) is 106 Å². The number of carbonyl (C=O) groups is 12. The molecule has 0 aliphatic carbocycles. The third-order valence-electron chi connectivity index (χ3n) is 18.9. The minimum atomic E-state index is -2.75. The zero-order chi connectivity index (χ0) is 73.4. The molecule has 0 aromatic heterocycles. The fourth-order valence-electron chi connectivity index (χ4n) is 11.1. The van der Waals surface area contributed by atoms with Crippen LogP contribution in [0.15, 0.2) is 60.7 Å². The monoisotopic (exact) mass is 1410 g/mol. The number of amides is 10. The van der Waals surface area contributed by atoms with E-state index in [0.29, 0.717) is 36.8 Å². The van der Waals surface area contributed by atoms with Gasteiger partial charge < -0.3 is 78.5 Å². The van der Waals surface area contributed by atoms with E-state index < -0.39 is 188 Å². The molecule has 10 amide bonds. The van der Waals surface area contributed by atoms with E-state index in [1.807, 2.05) is 67.7 Å². The first-order chi connectivity index (χ1) is 45.7. The third kappa shape index (κ3) is 22.0. The lowest BCUT2D eigenvalue weighted by molar-refractivity contribution is -0.160. The standard InChI is InChI=1S/C68H106N10O18Si2/c1-43(2)55-63(87)91-41-47(71-65(89)93-39-45-27-21-19-22-28-45)61(85)77-33-25-31-49(95-97(15,16)67(5,6)7)57(77)59(83)70-36-52(80)74(12)38-54(82)76(14)56(44(3)4)64(88)92-42-48(72-66(90)94-40-46-29-23-20-24-30-46)62(86)78-34-26-32-50(96-98(17,18)68(8,9)10)58(78)60(84)69-35-51(79)73(11)37-53(81)75(55)13/h19-24,27-30,43-44,47-50,55-58H,25-26,31-42H2,1-18H3,(H,69,84)(H,70,83)(H,71,89)(H,72,90)/t47-,48-,49+,50+,55+,56+,57+,58+/m1/s1. The van der Waals surface area contributed by atoms with Gasteiger partial charge in [0.1, 0.15) is 62.7 Å². The maximum Gasteiger partial charge on any atom is 0.408 e. The molecule has 3 saturated heterocycles. The normalized spacial score (nSPS) is 24.0. The maximum absolute atomic E-state index is 15.3. The second kappa shape index (κ2) is 35.2. The Kier molecular flexibility index (Phi) is 29.0. The number of alkyl carbamates (subject to hydrolysis) is 2. The van der Waals surface area contributed by atoms with Gasteiger partial charge in [-0.3, -0.25) is 38.4 Å². The summed E-state index contributed by atoms with van der Waals surface area (Å²) in [6, 6.07) is 8.40. The van der Waals surface area contributed by atoms with Gasteiger partial charge >= 0.3 is 24.1 Å². The van der Waals surface area contributed by atoms with Crippen LogP contribution in [-0.4, -0.2) is 247 Å². The van der Waals surface area contributed by atoms with E-state index in [1.54, 1.807) is 88.4 Å². The molecule has 3 aliphatic rings. The van der Waals surface area contributed by atoms with Gasteiger partial charge in [0.2, 0.25) is 47.3 Å². The SMILES string of the molecule is CC(C)[C@H]1C(=O)OC[C@@H](NC(=O)OCc2ccccc2)C(=O)N2CCC[C@H](O[Si](C)(C)C(C)(C)C)[C@H]2C(=O)NCC(=O)N(C)CC(=O)N(C)[C@@H](C(C)C)C(=O)OC[C@@H](NC(=O)OCc2ccccc2)C(=O)N2CCC[C@H](O[Si](C)(C)C(C)(C)C)[C@H]2C(=O)NCC(=O)N(C)CC(=O)N1C. The molecule has 3 aliphatic heterocycles. The molecule has 544 valence electrons. The fourth-order valence-corrected chi connectivity index (χ4v) is 13.8. The molecule has 5 rings (SSSR count). The number of rotatable bonds is 12. The van der Waals surface area contributed by atoms with Crippen molar-refractivity contribution in [2.75, 3.05) is 80.7 Å². The molecule has 8 atom stereocenters. The van der Waals surface area contributed by atoms with Gasteiger partial charge in [-0.25, -0.2) is 19.2 Å². The molecule has 3 fully saturated rings. The molecule has 0 radical (unpaired) electrons. The average Bonchev–Trinajstić information content (AvgIpc) is 0.788. The molecule has 0 saturated carbocycles. The number of hydrogen-bond acceptors (Lipinski definition) is 18. The molecule has 3 heterocycles. The van der Waals surface area contributed by atoms with Crippen molar-refractivity contribution in [2.24, 2.45) is 11.8 Å². The Balaban J connectivity index is 1.58. The molecule has 98 heavy (non-hydrogen) atoms. The number of nitrogens with one attached hydrogen (secondary N) is 4. The summed E-state index contributed by atoms with van der Waals surface area (Å²) in [5, 5.41) is 9.59. The van der Waals surface area contributed by atoms with Crippen molar-refractivity contribution in [3.05, 3.63) is 71.8 Å². The molecule has 0 bridgehead atoms. The van der Waals surface area contributed by atoms with Crippen LogP contribution in [0.5, 0.6) is 0 Å². The zero-order valence-corrected chi connectivity index (χ0v) is 62.5. The number of esters is 2.